The molecule has 1 aromatic carbocycles. The van der Waals surface area contributed by atoms with Crippen LogP contribution in [-0.2, 0) is 4.74 Å². The summed E-state index contributed by atoms with van der Waals surface area (Å²) in [5.41, 5.74) is 1.75. The first-order valence-electron chi connectivity index (χ1n) is 8.42. The van der Waals surface area contributed by atoms with Crippen molar-refractivity contribution in [3.63, 3.8) is 0 Å². The van der Waals surface area contributed by atoms with Crippen molar-refractivity contribution in [2.75, 3.05) is 6.61 Å². The van der Waals surface area contributed by atoms with Crippen molar-refractivity contribution in [3.8, 4) is 11.4 Å². The molecule has 0 aliphatic carbocycles. The van der Waals surface area contributed by atoms with E-state index in [1.807, 2.05) is 13.8 Å². The SMILES string of the molecule is CCOC(=O)c1cn2nc(-c3ccc(C)c(F)c3)[nH]c(=O)c2c1C(C)C. The molecule has 0 radical (unpaired) electrons. The molecule has 0 amide bonds. The molecule has 3 aromatic rings. The van der Waals surface area contributed by atoms with Crippen LogP contribution in [-0.4, -0.2) is 27.2 Å². The summed E-state index contributed by atoms with van der Waals surface area (Å²) in [5, 5.41) is 4.37. The summed E-state index contributed by atoms with van der Waals surface area (Å²) in [6.45, 7) is 7.39. The Morgan fingerprint density at radius 3 is 2.73 bits per heavy atom. The molecule has 0 saturated heterocycles. The lowest BCUT2D eigenvalue weighted by molar-refractivity contribution is 0.0525. The van der Waals surface area contributed by atoms with E-state index < -0.39 is 11.5 Å². The number of nitrogens with one attached hydrogen (secondary N) is 1. The average Bonchev–Trinajstić information content (AvgIpc) is 2.98. The standard InChI is InChI=1S/C19H20FN3O3/c1-5-26-19(25)13-9-23-16(15(13)10(2)3)18(24)21-17(22-23)12-7-6-11(4)14(20)8-12/h6-10H,5H2,1-4H3,(H,21,22,24). The molecule has 0 aliphatic heterocycles. The van der Waals surface area contributed by atoms with Gasteiger partial charge >= 0.3 is 5.97 Å². The zero-order valence-corrected chi connectivity index (χ0v) is 15.1. The van der Waals surface area contributed by atoms with Gasteiger partial charge in [0.25, 0.3) is 5.56 Å². The zero-order valence-electron chi connectivity index (χ0n) is 15.1. The molecule has 7 heteroatoms. The molecule has 1 N–H and O–H groups in total. The van der Waals surface area contributed by atoms with Gasteiger partial charge in [0.05, 0.1) is 12.2 Å². The molecule has 0 spiro atoms. The molecule has 3 rings (SSSR count). The van der Waals surface area contributed by atoms with Crippen LogP contribution in [0.5, 0.6) is 0 Å². The minimum Gasteiger partial charge on any atom is -0.462 e. The van der Waals surface area contributed by atoms with Gasteiger partial charge in [-0.3, -0.25) is 4.79 Å². The fraction of sp³-hybridized carbons (Fsp3) is 0.316. The number of carbonyl (C=O) groups is 1. The summed E-state index contributed by atoms with van der Waals surface area (Å²) in [6, 6.07) is 4.62. The molecule has 2 heterocycles. The Balaban J connectivity index is 2.24. The van der Waals surface area contributed by atoms with Crippen LogP contribution in [0.15, 0.2) is 29.2 Å². The monoisotopic (exact) mass is 357 g/mol. The zero-order chi connectivity index (χ0) is 19.0. The maximum atomic E-state index is 13.9. The number of benzene rings is 1. The molecule has 0 aliphatic rings. The first-order chi connectivity index (χ1) is 12.3. The highest BCUT2D eigenvalue weighted by Crippen LogP contribution is 2.26. The van der Waals surface area contributed by atoms with Crippen molar-refractivity contribution in [1.29, 1.82) is 0 Å². The molecular weight excluding hydrogens is 337 g/mol. The summed E-state index contributed by atoms with van der Waals surface area (Å²) in [6.07, 6.45) is 1.49. The van der Waals surface area contributed by atoms with E-state index in [4.69, 9.17) is 4.74 Å². The molecule has 136 valence electrons. The number of aromatic amines is 1. The Kier molecular flexibility index (Phi) is 4.63. The summed E-state index contributed by atoms with van der Waals surface area (Å²) >= 11 is 0. The van der Waals surface area contributed by atoms with Crippen LogP contribution < -0.4 is 5.56 Å². The molecular formula is C19H20FN3O3. The van der Waals surface area contributed by atoms with Crippen molar-refractivity contribution in [2.24, 2.45) is 0 Å². The van der Waals surface area contributed by atoms with E-state index in [2.05, 4.69) is 10.1 Å². The number of fused-ring (bicyclic) bond motifs is 1. The maximum absolute atomic E-state index is 13.9. The lowest BCUT2D eigenvalue weighted by Crippen LogP contribution is -2.15. The summed E-state index contributed by atoms with van der Waals surface area (Å²) in [4.78, 5) is 27.6. The minimum atomic E-state index is -0.496. The minimum absolute atomic E-state index is 0.0787. The number of rotatable bonds is 4. The van der Waals surface area contributed by atoms with Gasteiger partial charge in [-0.05, 0) is 31.4 Å². The van der Waals surface area contributed by atoms with E-state index in [9.17, 15) is 14.0 Å². The fourth-order valence-corrected chi connectivity index (χ4v) is 2.94. The van der Waals surface area contributed by atoms with E-state index >= 15 is 0 Å². The summed E-state index contributed by atoms with van der Waals surface area (Å²) in [7, 11) is 0. The molecule has 0 saturated carbocycles. The molecule has 0 fully saturated rings. The molecule has 0 atom stereocenters. The number of hydrogen-bond donors (Lipinski definition) is 1. The number of aromatic nitrogens is 3. The maximum Gasteiger partial charge on any atom is 0.340 e. The Hall–Kier alpha value is -2.96. The van der Waals surface area contributed by atoms with Crippen LogP contribution in [0.2, 0.25) is 0 Å². The number of H-pyrrole nitrogens is 1. The largest absolute Gasteiger partial charge is 0.462 e. The van der Waals surface area contributed by atoms with E-state index in [0.29, 0.717) is 27.8 Å². The third-order valence-corrected chi connectivity index (χ3v) is 4.20. The number of halogens is 1. The number of nitrogens with zero attached hydrogens (tertiary/aromatic N) is 2. The average molecular weight is 357 g/mol. The number of carbonyl (C=O) groups excluding carboxylic acids is 1. The van der Waals surface area contributed by atoms with Crippen molar-refractivity contribution in [2.45, 2.75) is 33.6 Å². The van der Waals surface area contributed by atoms with Crippen LogP contribution in [0.3, 0.4) is 0 Å². The van der Waals surface area contributed by atoms with Crippen molar-refractivity contribution >= 4 is 11.5 Å². The third-order valence-electron chi connectivity index (χ3n) is 4.20. The Bertz CT molecular complexity index is 1050. The summed E-state index contributed by atoms with van der Waals surface area (Å²) < 4.78 is 20.3. The Morgan fingerprint density at radius 2 is 2.12 bits per heavy atom. The van der Waals surface area contributed by atoms with Crippen LogP contribution >= 0.6 is 0 Å². The number of ether oxygens (including phenoxy) is 1. The van der Waals surface area contributed by atoms with Gasteiger partial charge in [0.2, 0.25) is 0 Å². The molecule has 0 bridgehead atoms. The quantitative estimate of drug-likeness (QED) is 0.726. The number of esters is 1. The lowest BCUT2D eigenvalue weighted by atomic mass is 10.0. The summed E-state index contributed by atoms with van der Waals surface area (Å²) in [5.74, 6) is -0.732. The van der Waals surface area contributed by atoms with Crippen molar-refractivity contribution in [1.82, 2.24) is 14.6 Å². The van der Waals surface area contributed by atoms with Crippen molar-refractivity contribution < 1.29 is 13.9 Å². The molecule has 6 nitrogen and oxygen atoms in total. The van der Waals surface area contributed by atoms with Gasteiger partial charge in [0.1, 0.15) is 11.3 Å². The normalized spacial score (nSPS) is 11.3. The third kappa shape index (κ3) is 3.00. The molecule has 2 aromatic heterocycles. The lowest BCUT2D eigenvalue weighted by Gasteiger charge is -2.07. The van der Waals surface area contributed by atoms with E-state index in [-0.39, 0.29) is 24.2 Å². The highest BCUT2D eigenvalue weighted by Gasteiger charge is 2.23. The first-order valence-corrected chi connectivity index (χ1v) is 8.42. The number of hydrogen-bond acceptors (Lipinski definition) is 4. The van der Waals surface area contributed by atoms with Gasteiger partial charge in [0, 0.05) is 17.3 Å². The number of aryl methyl sites for hydroxylation is 1. The van der Waals surface area contributed by atoms with Crippen LogP contribution in [0.1, 0.15) is 48.2 Å². The molecule has 0 unspecified atom stereocenters. The highest BCUT2D eigenvalue weighted by molar-refractivity contribution is 5.94. The van der Waals surface area contributed by atoms with E-state index in [0.717, 1.165) is 0 Å². The predicted octanol–water partition coefficient (Wildman–Crippen LogP) is 3.44. The smallest absolute Gasteiger partial charge is 0.340 e. The second-order valence-electron chi connectivity index (χ2n) is 6.39. The van der Waals surface area contributed by atoms with Gasteiger partial charge in [-0.15, -0.1) is 5.10 Å². The van der Waals surface area contributed by atoms with Gasteiger partial charge in [-0.25, -0.2) is 13.7 Å². The van der Waals surface area contributed by atoms with E-state index in [1.165, 1.54) is 16.8 Å². The Morgan fingerprint density at radius 1 is 1.38 bits per heavy atom. The molecule has 26 heavy (non-hydrogen) atoms. The topological polar surface area (TPSA) is 76.5 Å². The van der Waals surface area contributed by atoms with Gasteiger partial charge in [-0.2, -0.15) is 0 Å². The van der Waals surface area contributed by atoms with Crippen LogP contribution in [0, 0.1) is 12.7 Å². The van der Waals surface area contributed by atoms with Crippen LogP contribution in [0.4, 0.5) is 4.39 Å². The van der Waals surface area contributed by atoms with Crippen molar-refractivity contribution in [3.05, 3.63) is 57.3 Å². The van der Waals surface area contributed by atoms with Gasteiger partial charge < -0.3 is 9.72 Å². The second-order valence-corrected chi connectivity index (χ2v) is 6.39. The van der Waals surface area contributed by atoms with E-state index in [1.54, 1.807) is 26.0 Å². The van der Waals surface area contributed by atoms with Gasteiger partial charge in [-0.1, -0.05) is 26.0 Å². The predicted molar refractivity (Wildman–Crippen MR) is 96.0 cm³/mol. The Labute approximate surface area is 149 Å². The second kappa shape index (κ2) is 6.74. The fourth-order valence-electron chi connectivity index (χ4n) is 2.94. The first kappa shape index (κ1) is 17.8. The van der Waals surface area contributed by atoms with Crippen LogP contribution in [0.25, 0.3) is 16.9 Å². The highest BCUT2D eigenvalue weighted by atomic mass is 19.1. The van der Waals surface area contributed by atoms with Gasteiger partial charge in [0.15, 0.2) is 5.82 Å².